The Labute approximate surface area is 137 Å². The molecule has 1 N–H and O–H groups in total. The quantitative estimate of drug-likeness (QED) is 0.883. The molecule has 4 heteroatoms. The maximum Gasteiger partial charge on any atom is 0.261 e. The van der Waals surface area contributed by atoms with Crippen LogP contribution in [0.1, 0.15) is 38.2 Å². The van der Waals surface area contributed by atoms with Gasteiger partial charge in [-0.15, -0.1) is 11.3 Å². The Morgan fingerprint density at radius 1 is 1.23 bits per heavy atom. The number of hydrogen-bond acceptors (Lipinski definition) is 3. The lowest BCUT2D eigenvalue weighted by molar-refractivity contribution is 0.0955. The summed E-state index contributed by atoms with van der Waals surface area (Å²) in [5.41, 5.74) is 3.64. The van der Waals surface area contributed by atoms with E-state index >= 15 is 0 Å². The molecule has 0 unspecified atom stereocenters. The van der Waals surface area contributed by atoms with Gasteiger partial charge in [0.15, 0.2) is 0 Å². The number of hydrogen-bond donors (Lipinski definition) is 1. The molecule has 0 bridgehead atoms. The van der Waals surface area contributed by atoms with E-state index < -0.39 is 0 Å². The minimum atomic E-state index is 0.0208. The maximum absolute atomic E-state index is 12.3. The van der Waals surface area contributed by atoms with Gasteiger partial charge in [0.05, 0.1) is 4.88 Å². The van der Waals surface area contributed by atoms with Crippen LogP contribution in [0.15, 0.2) is 30.3 Å². The number of rotatable bonds is 6. The second kappa shape index (κ2) is 7.56. The predicted octanol–water partition coefficient (Wildman–Crippen LogP) is 3.61. The van der Waals surface area contributed by atoms with Crippen LogP contribution in [0.5, 0.6) is 0 Å². The number of benzene rings is 1. The Hall–Kier alpha value is -1.65. The largest absolute Gasteiger partial charge is 0.347 e. The van der Waals surface area contributed by atoms with Crippen molar-refractivity contribution in [3.05, 3.63) is 56.8 Å². The number of carbonyl (C=O) groups is 1. The second-order valence-electron chi connectivity index (χ2n) is 5.76. The summed E-state index contributed by atoms with van der Waals surface area (Å²) in [5, 5.41) is 3.05. The zero-order chi connectivity index (χ0) is 16.1. The molecule has 22 heavy (non-hydrogen) atoms. The standard InChI is InChI=1S/C18H24N2OS/c1-5-16-13(2)10-17(22-16)18(21)19-11-14-8-6-7-9-15(14)12-20(3)4/h6-10H,5,11-12H2,1-4H3,(H,19,21). The highest BCUT2D eigenvalue weighted by Gasteiger charge is 2.12. The summed E-state index contributed by atoms with van der Waals surface area (Å²) in [6.07, 6.45) is 0.982. The molecule has 118 valence electrons. The summed E-state index contributed by atoms with van der Waals surface area (Å²) in [5.74, 6) is 0.0208. The van der Waals surface area contributed by atoms with Crippen molar-refractivity contribution in [2.75, 3.05) is 14.1 Å². The molecule has 3 nitrogen and oxygen atoms in total. The van der Waals surface area contributed by atoms with Crippen LogP contribution in [0, 0.1) is 6.92 Å². The summed E-state index contributed by atoms with van der Waals surface area (Å²) in [4.78, 5) is 16.6. The van der Waals surface area contributed by atoms with Gasteiger partial charge in [0.25, 0.3) is 5.91 Å². The van der Waals surface area contributed by atoms with E-state index in [0.29, 0.717) is 6.54 Å². The van der Waals surface area contributed by atoms with E-state index in [4.69, 9.17) is 0 Å². The van der Waals surface area contributed by atoms with E-state index in [0.717, 1.165) is 17.8 Å². The lowest BCUT2D eigenvalue weighted by Gasteiger charge is -2.14. The first-order valence-electron chi connectivity index (χ1n) is 7.60. The molecule has 0 atom stereocenters. The summed E-state index contributed by atoms with van der Waals surface area (Å²) < 4.78 is 0. The molecule has 1 amide bonds. The molecule has 2 rings (SSSR count). The van der Waals surface area contributed by atoms with Gasteiger partial charge in [-0.2, -0.15) is 0 Å². The molecule has 0 fully saturated rings. The topological polar surface area (TPSA) is 32.3 Å². The molecule has 2 aromatic rings. The number of aryl methyl sites for hydroxylation is 2. The van der Waals surface area contributed by atoms with E-state index in [1.165, 1.54) is 21.6 Å². The zero-order valence-corrected chi connectivity index (χ0v) is 14.6. The molecule has 0 aliphatic heterocycles. The van der Waals surface area contributed by atoms with Crippen molar-refractivity contribution in [2.24, 2.45) is 0 Å². The van der Waals surface area contributed by atoms with Crippen molar-refractivity contribution in [1.29, 1.82) is 0 Å². The third kappa shape index (κ3) is 4.18. The Bertz CT molecular complexity index is 646. The maximum atomic E-state index is 12.3. The van der Waals surface area contributed by atoms with Crippen LogP contribution in [0.3, 0.4) is 0 Å². The van der Waals surface area contributed by atoms with Crippen LogP contribution >= 0.6 is 11.3 Å². The monoisotopic (exact) mass is 316 g/mol. The van der Waals surface area contributed by atoms with Gasteiger partial charge >= 0.3 is 0 Å². The second-order valence-corrected chi connectivity index (χ2v) is 6.90. The fraction of sp³-hybridized carbons (Fsp3) is 0.389. The first-order valence-corrected chi connectivity index (χ1v) is 8.42. The van der Waals surface area contributed by atoms with Crippen LogP contribution in [0.2, 0.25) is 0 Å². The third-order valence-corrected chi connectivity index (χ3v) is 4.99. The Morgan fingerprint density at radius 3 is 2.50 bits per heavy atom. The first-order chi connectivity index (χ1) is 10.5. The summed E-state index contributed by atoms with van der Waals surface area (Å²) in [6.45, 7) is 5.64. The van der Waals surface area contributed by atoms with Crippen molar-refractivity contribution in [2.45, 2.75) is 33.4 Å². The average molecular weight is 316 g/mol. The lowest BCUT2D eigenvalue weighted by atomic mass is 10.1. The van der Waals surface area contributed by atoms with Gasteiger partial charge in [0.1, 0.15) is 0 Å². The van der Waals surface area contributed by atoms with Crippen molar-refractivity contribution < 1.29 is 4.79 Å². The van der Waals surface area contributed by atoms with Gasteiger partial charge in [-0.05, 0) is 50.2 Å². The Morgan fingerprint density at radius 2 is 1.91 bits per heavy atom. The minimum absolute atomic E-state index is 0.0208. The van der Waals surface area contributed by atoms with E-state index in [2.05, 4.69) is 50.3 Å². The van der Waals surface area contributed by atoms with Crippen LogP contribution in [0.25, 0.3) is 0 Å². The number of nitrogens with zero attached hydrogens (tertiary/aromatic N) is 1. The van der Waals surface area contributed by atoms with E-state index in [1.54, 1.807) is 11.3 Å². The van der Waals surface area contributed by atoms with Gasteiger partial charge in [0.2, 0.25) is 0 Å². The summed E-state index contributed by atoms with van der Waals surface area (Å²) >= 11 is 1.60. The number of thiophene rings is 1. The minimum Gasteiger partial charge on any atom is -0.347 e. The Kier molecular flexibility index (Phi) is 5.75. The fourth-order valence-corrected chi connectivity index (χ4v) is 3.50. The van der Waals surface area contributed by atoms with Crippen molar-refractivity contribution >= 4 is 17.2 Å². The molecule has 0 saturated carbocycles. The van der Waals surface area contributed by atoms with E-state index in [-0.39, 0.29) is 5.91 Å². The third-order valence-electron chi connectivity index (χ3n) is 3.61. The molecule has 1 aromatic heterocycles. The van der Waals surface area contributed by atoms with E-state index in [9.17, 15) is 4.79 Å². The molecule has 0 aliphatic rings. The molecule has 0 aliphatic carbocycles. The van der Waals surface area contributed by atoms with Crippen LogP contribution in [-0.4, -0.2) is 24.9 Å². The van der Waals surface area contributed by atoms with Crippen molar-refractivity contribution in [3.8, 4) is 0 Å². The van der Waals surface area contributed by atoms with Gasteiger partial charge in [-0.1, -0.05) is 31.2 Å². The molecule has 1 heterocycles. The van der Waals surface area contributed by atoms with Crippen LogP contribution in [-0.2, 0) is 19.5 Å². The van der Waals surface area contributed by atoms with Gasteiger partial charge in [0, 0.05) is 18.0 Å². The highest BCUT2D eigenvalue weighted by atomic mass is 32.1. The van der Waals surface area contributed by atoms with Gasteiger partial charge in [-0.3, -0.25) is 4.79 Å². The number of carbonyl (C=O) groups excluding carboxylic acids is 1. The molecule has 1 aromatic carbocycles. The summed E-state index contributed by atoms with van der Waals surface area (Å²) in [7, 11) is 4.10. The number of nitrogens with one attached hydrogen (secondary N) is 1. The SMILES string of the molecule is CCc1sc(C(=O)NCc2ccccc2CN(C)C)cc1C. The van der Waals surface area contributed by atoms with Crippen LogP contribution in [0.4, 0.5) is 0 Å². The fourth-order valence-electron chi connectivity index (χ4n) is 2.47. The molecule has 0 spiro atoms. The lowest BCUT2D eigenvalue weighted by Crippen LogP contribution is -2.23. The molecule has 0 saturated heterocycles. The average Bonchev–Trinajstić information content (AvgIpc) is 2.86. The highest BCUT2D eigenvalue weighted by molar-refractivity contribution is 7.14. The molecule has 0 radical (unpaired) electrons. The van der Waals surface area contributed by atoms with Gasteiger partial charge < -0.3 is 10.2 Å². The van der Waals surface area contributed by atoms with Crippen molar-refractivity contribution in [1.82, 2.24) is 10.2 Å². The van der Waals surface area contributed by atoms with Crippen LogP contribution < -0.4 is 5.32 Å². The van der Waals surface area contributed by atoms with Crippen molar-refractivity contribution in [3.63, 3.8) is 0 Å². The Balaban J connectivity index is 2.04. The first kappa shape index (κ1) is 16.7. The van der Waals surface area contributed by atoms with E-state index in [1.807, 2.05) is 18.2 Å². The molecular formula is C18H24N2OS. The number of amides is 1. The predicted molar refractivity (Wildman–Crippen MR) is 93.4 cm³/mol. The van der Waals surface area contributed by atoms with Gasteiger partial charge in [-0.25, -0.2) is 0 Å². The smallest absolute Gasteiger partial charge is 0.261 e. The normalized spacial score (nSPS) is 11.0. The molecular weight excluding hydrogens is 292 g/mol. The zero-order valence-electron chi connectivity index (χ0n) is 13.8. The summed E-state index contributed by atoms with van der Waals surface area (Å²) in [6, 6.07) is 10.2. The highest BCUT2D eigenvalue weighted by Crippen LogP contribution is 2.22.